The van der Waals surface area contributed by atoms with Crippen LogP contribution in [0.15, 0.2) is 47.2 Å². The summed E-state index contributed by atoms with van der Waals surface area (Å²) in [7, 11) is 1.67. The maximum atomic E-state index is 12.4. The van der Waals surface area contributed by atoms with E-state index in [-0.39, 0.29) is 12.0 Å². The molecule has 1 aliphatic heterocycles. The number of imidazole rings is 1. The quantitative estimate of drug-likeness (QED) is 0.461. The Hall–Kier alpha value is -2.87. The Labute approximate surface area is 202 Å². The van der Waals surface area contributed by atoms with Crippen LogP contribution in [0.5, 0.6) is 5.75 Å². The van der Waals surface area contributed by atoms with E-state index in [0.29, 0.717) is 13.1 Å². The van der Waals surface area contributed by atoms with Crippen molar-refractivity contribution in [3.05, 3.63) is 53.0 Å². The number of carbonyl (C=O) groups is 1. The second kappa shape index (κ2) is 9.55. The van der Waals surface area contributed by atoms with Gasteiger partial charge in [-0.15, -0.1) is 0 Å². The van der Waals surface area contributed by atoms with Crippen molar-refractivity contribution in [1.29, 1.82) is 0 Å². The maximum Gasteiger partial charge on any atom is 0.410 e. The van der Waals surface area contributed by atoms with Gasteiger partial charge in [0.05, 0.1) is 18.5 Å². The van der Waals surface area contributed by atoms with Crippen LogP contribution < -0.4 is 4.74 Å². The Morgan fingerprint density at radius 3 is 2.48 bits per heavy atom. The lowest BCUT2D eigenvalue weighted by Crippen LogP contribution is -2.41. The van der Waals surface area contributed by atoms with Gasteiger partial charge in [0.1, 0.15) is 17.2 Å². The average molecular weight is 513 g/mol. The number of nitrogens with one attached hydrogen (secondary N) is 1. The summed E-state index contributed by atoms with van der Waals surface area (Å²) < 4.78 is 12.1. The highest BCUT2D eigenvalue weighted by atomic mass is 79.9. The predicted octanol–water partition coefficient (Wildman–Crippen LogP) is 6.02. The van der Waals surface area contributed by atoms with E-state index >= 15 is 0 Å². The monoisotopic (exact) mass is 512 g/mol. The topological polar surface area (TPSA) is 80.3 Å². The van der Waals surface area contributed by atoms with Gasteiger partial charge in [-0.3, -0.25) is 4.98 Å². The molecule has 2 aromatic heterocycles. The minimum absolute atomic E-state index is 0.219. The zero-order chi connectivity index (χ0) is 23.6. The van der Waals surface area contributed by atoms with Crippen molar-refractivity contribution in [2.24, 2.45) is 0 Å². The molecule has 3 aromatic rings. The first kappa shape index (κ1) is 23.3. The number of hydrogen-bond donors (Lipinski definition) is 1. The summed E-state index contributed by atoms with van der Waals surface area (Å²) in [5.41, 5.74) is 3.19. The lowest BCUT2D eigenvalue weighted by atomic mass is 9.96. The van der Waals surface area contributed by atoms with Crippen molar-refractivity contribution in [3.8, 4) is 28.3 Å². The third kappa shape index (κ3) is 5.38. The number of H-pyrrole nitrogens is 1. The van der Waals surface area contributed by atoms with Crippen LogP contribution in [-0.2, 0) is 4.74 Å². The summed E-state index contributed by atoms with van der Waals surface area (Å²) in [5.74, 6) is 1.90. The fourth-order valence-corrected chi connectivity index (χ4v) is 4.40. The molecule has 1 amide bonds. The highest BCUT2D eigenvalue weighted by Gasteiger charge is 2.30. The smallest absolute Gasteiger partial charge is 0.410 e. The van der Waals surface area contributed by atoms with Crippen LogP contribution in [0.25, 0.3) is 22.5 Å². The van der Waals surface area contributed by atoms with Crippen molar-refractivity contribution < 1.29 is 14.3 Å². The molecular weight excluding hydrogens is 484 g/mol. The van der Waals surface area contributed by atoms with Crippen molar-refractivity contribution in [1.82, 2.24) is 19.9 Å². The van der Waals surface area contributed by atoms with Crippen LogP contribution in [0.1, 0.15) is 45.4 Å². The standard InChI is InChI=1S/C25H29BrN4O3/c1-25(2,3)33-24(31)30-13-9-17(10-14-30)23-28-21(16-7-11-27-12-8-16)22(29-23)19-15-18(26)5-6-20(19)32-4/h5-8,11-12,15,17H,9-10,13-14H2,1-4H3,(H,28,29). The van der Waals surface area contributed by atoms with Gasteiger partial charge in [0.25, 0.3) is 0 Å². The number of ether oxygens (including phenoxy) is 2. The molecular formula is C25H29BrN4O3. The van der Waals surface area contributed by atoms with Crippen LogP contribution >= 0.6 is 15.9 Å². The average Bonchev–Trinajstić information content (AvgIpc) is 3.24. The normalized spacial score (nSPS) is 14.9. The largest absolute Gasteiger partial charge is 0.496 e. The van der Waals surface area contributed by atoms with Gasteiger partial charge >= 0.3 is 6.09 Å². The molecule has 1 saturated heterocycles. The molecule has 0 bridgehead atoms. The molecule has 4 rings (SSSR count). The predicted molar refractivity (Wildman–Crippen MR) is 131 cm³/mol. The highest BCUT2D eigenvalue weighted by molar-refractivity contribution is 9.10. The molecule has 1 fully saturated rings. The van der Waals surface area contributed by atoms with E-state index in [1.807, 2.05) is 51.1 Å². The number of halogens is 1. The summed E-state index contributed by atoms with van der Waals surface area (Å²) in [6.45, 7) is 6.94. The number of aromatic amines is 1. The molecule has 174 valence electrons. The van der Waals surface area contributed by atoms with Gasteiger partial charge in [-0.05, 0) is 63.9 Å². The van der Waals surface area contributed by atoms with Crippen LogP contribution in [0.4, 0.5) is 4.79 Å². The lowest BCUT2D eigenvalue weighted by molar-refractivity contribution is 0.0203. The molecule has 1 aliphatic rings. The Morgan fingerprint density at radius 1 is 1.15 bits per heavy atom. The van der Waals surface area contributed by atoms with E-state index in [9.17, 15) is 4.79 Å². The fourth-order valence-electron chi connectivity index (χ4n) is 4.04. The van der Waals surface area contributed by atoms with Gasteiger partial charge in [0.2, 0.25) is 0 Å². The number of rotatable bonds is 4. The Balaban J connectivity index is 1.64. The summed E-state index contributed by atoms with van der Waals surface area (Å²) in [5, 5.41) is 0. The van der Waals surface area contributed by atoms with E-state index < -0.39 is 5.60 Å². The summed E-state index contributed by atoms with van der Waals surface area (Å²) in [6, 6.07) is 9.84. The Kier molecular flexibility index (Phi) is 6.74. The number of piperidine rings is 1. The number of carbonyl (C=O) groups excluding carboxylic acids is 1. The van der Waals surface area contributed by atoms with E-state index in [2.05, 4.69) is 25.9 Å². The second-order valence-electron chi connectivity index (χ2n) is 9.17. The molecule has 0 aliphatic carbocycles. The second-order valence-corrected chi connectivity index (χ2v) is 10.1. The molecule has 0 saturated carbocycles. The first-order chi connectivity index (χ1) is 15.7. The van der Waals surface area contributed by atoms with Gasteiger partial charge in [-0.25, -0.2) is 9.78 Å². The molecule has 1 N–H and O–H groups in total. The molecule has 3 heterocycles. The molecule has 1 aromatic carbocycles. The van der Waals surface area contributed by atoms with Gasteiger partial charge in [0, 0.05) is 47.0 Å². The molecule has 8 heteroatoms. The first-order valence-corrected chi connectivity index (χ1v) is 11.9. The van der Waals surface area contributed by atoms with E-state index in [1.54, 1.807) is 24.4 Å². The fraction of sp³-hybridized carbons (Fsp3) is 0.400. The number of hydrogen-bond acceptors (Lipinski definition) is 5. The van der Waals surface area contributed by atoms with Crippen LogP contribution in [-0.4, -0.2) is 51.7 Å². The van der Waals surface area contributed by atoms with Crippen molar-refractivity contribution in [2.75, 3.05) is 20.2 Å². The Bertz CT molecular complexity index is 1120. The third-order valence-corrected chi connectivity index (χ3v) is 6.13. The summed E-state index contributed by atoms with van der Waals surface area (Å²) in [6.07, 6.45) is 4.92. The van der Waals surface area contributed by atoms with Crippen molar-refractivity contribution in [2.45, 2.75) is 45.1 Å². The molecule has 0 spiro atoms. The van der Waals surface area contributed by atoms with Crippen LogP contribution in [0.2, 0.25) is 0 Å². The van der Waals surface area contributed by atoms with Gasteiger partial charge in [-0.1, -0.05) is 15.9 Å². The molecule has 7 nitrogen and oxygen atoms in total. The van der Waals surface area contributed by atoms with Gasteiger partial charge in [-0.2, -0.15) is 0 Å². The van der Waals surface area contributed by atoms with Crippen molar-refractivity contribution >= 4 is 22.0 Å². The zero-order valence-electron chi connectivity index (χ0n) is 19.4. The van der Waals surface area contributed by atoms with Gasteiger partial charge < -0.3 is 19.4 Å². The van der Waals surface area contributed by atoms with E-state index in [1.165, 1.54) is 0 Å². The Morgan fingerprint density at radius 2 is 1.85 bits per heavy atom. The number of benzene rings is 1. The number of pyridine rings is 1. The lowest BCUT2D eigenvalue weighted by Gasteiger charge is -2.32. The minimum atomic E-state index is -0.494. The molecule has 0 radical (unpaired) electrons. The van der Waals surface area contributed by atoms with E-state index in [4.69, 9.17) is 14.5 Å². The number of amides is 1. The SMILES string of the molecule is COc1ccc(Br)cc1-c1[nH]c(C2CCN(C(=O)OC(C)(C)C)CC2)nc1-c1ccncc1. The number of nitrogens with zero attached hydrogens (tertiary/aromatic N) is 3. The van der Waals surface area contributed by atoms with E-state index in [0.717, 1.165) is 51.4 Å². The number of methoxy groups -OCH3 is 1. The van der Waals surface area contributed by atoms with Gasteiger partial charge in [0.15, 0.2) is 0 Å². The zero-order valence-corrected chi connectivity index (χ0v) is 21.0. The minimum Gasteiger partial charge on any atom is -0.496 e. The summed E-state index contributed by atoms with van der Waals surface area (Å²) in [4.78, 5) is 27.0. The summed E-state index contributed by atoms with van der Waals surface area (Å²) >= 11 is 3.58. The highest BCUT2D eigenvalue weighted by Crippen LogP contribution is 2.39. The molecule has 33 heavy (non-hydrogen) atoms. The van der Waals surface area contributed by atoms with Crippen LogP contribution in [0.3, 0.4) is 0 Å². The number of likely N-dealkylation sites (tertiary alicyclic amines) is 1. The maximum absolute atomic E-state index is 12.4. The van der Waals surface area contributed by atoms with Crippen LogP contribution in [0, 0.1) is 0 Å². The van der Waals surface area contributed by atoms with Crippen molar-refractivity contribution in [3.63, 3.8) is 0 Å². The third-order valence-electron chi connectivity index (χ3n) is 5.64. The first-order valence-electron chi connectivity index (χ1n) is 11.1. The number of aromatic nitrogens is 3. The molecule has 0 atom stereocenters. The molecule has 0 unspecified atom stereocenters.